The van der Waals surface area contributed by atoms with Crippen LogP contribution in [0.25, 0.3) is 0 Å². The van der Waals surface area contributed by atoms with E-state index in [2.05, 4.69) is 4.90 Å². The highest BCUT2D eigenvalue weighted by Crippen LogP contribution is 2.40. The molecule has 0 radical (unpaired) electrons. The summed E-state index contributed by atoms with van der Waals surface area (Å²) in [6.07, 6.45) is -12.6. The molecule has 3 aromatic carbocycles. The van der Waals surface area contributed by atoms with E-state index in [4.69, 9.17) is 9.47 Å². The number of halogens is 6. The Labute approximate surface area is 210 Å². The lowest BCUT2D eigenvalue weighted by atomic mass is 10.00. The molecule has 1 N–H and O–H groups in total. The molecule has 198 valence electrons. The fraction of sp³-hybridized carbons (Fsp3) is 0.333. The molecule has 2 unspecified atom stereocenters. The van der Waals surface area contributed by atoms with Crippen LogP contribution in [0.4, 0.5) is 26.3 Å². The summed E-state index contributed by atoms with van der Waals surface area (Å²) in [6.45, 7) is 0.392. The van der Waals surface area contributed by atoms with Gasteiger partial charge in [-0.05, 0) is 34.9 Å². The summed E-state index contributed by atoms with van der Waals surface area (Å²) in [5.74, 6) is 0. The van der Waals surface area contributed by atoms with Gasteiger partial charge in [-0.3, -0.25) is 4.90 Å². The van der Waals surface area contributed by atoms with Crippen molar-refractivity contribution >= 4 is 0 Å². The van der Waals surface area contributed by atoms with E-state index in [9.17, 15) is 31.4 Å². The van der Waals surface area contributed by atoms with Crippen LogP contribution in [0, 0.1) is 0 Å². The van der Waals surface area contributed by atoms with Gasteiger partial charge in [-0.15, -0.1) is 0 Å². The lowest BCUT2D eigenvalue weighted by Gasteiger charge is -2.42. The zero-order valence-electron chi connectivity index (χ0n) is 19.5. The third-order valence-corrected chi connectivity index (χ3v) is 6.13. The van der Waals surface area contributed by atoms with Crippen molar-refractivity contribution in [1.82, 2.24) is 4.90 Å². The van der Waals surface area contributed by atoms with Crippen molar-refractivity contribution in [2.24, 2.45) is 0 Å². The molecule has 3 aromatic rings. The van der Waals surface area contributed by atoms with Crippen LogP contribution in [0.1, 0.15) is 40.0 Å². The lowest BCUT2D eigenvalue weighted by molar-refractivity contribution is -0.238. The normalized spacial score (nSPS) is 20.1. The zero-order chi connectivity index (χ0) is 26.6. The molecule has 0 saturated carbocycles. The second-order valence-corrected chi connectivity index (χ2v) is 8.70. The molecule has 1 saturated heterocycles. The largest absolute Gasteiger partial charge is 0.416 e. The van der Waals surface area contributed by atoms with Crippen molar-refractivity contribution in [2.75, 3.05) is 19.8 Å². The molecule has 1 aliphatic heterocycles. The number of ether oxygens (including phenoxy) is 2. The van der Waals surface area contributed by atoms with Gasteiger partial charge in [0.05, 0.1) is 30.4 Å². The van der Waals surface area contributed by atoms with Crippen LogP contribution in [0.5, 0.6) is 0 Å². The van der Waals surface area contributed by atoms with E-state index in [-0.39, 0.29) is 12.7 Å². The number of morpholine rings is 1. The predicted octanol–water partition coefficient (Wildman–Crippen LogP) is 6.37. The van der Waals surface area contributed by atoms with Crippen LogP contribution in [0.3, 0.4) is 0 Å². The summed E-state index contributed by atoms with van der Waals surface area (Å²) in [4.78, 5) is 2.07. The van der Waals surface area contributed by atoms with Crippen molar-refractivity contribution in [3.8, 4) is 0 Å². The number of hydrogen-bond donors (Lipinski definition) is 1. The average Bonchev–Trinajstić information content (AvgIpc) is 2.87. The Kier molecular flexibility index (Phi) is 8.23. The Morgan fingerprint density at radius 2 is 1.43 bits per heavy atom. The maximum atomic E-state index is 13.4. The number of rotatable bonds is 7. The Balaban J connectivity index is 1.68. The van der Waals surface area contributed by atoms with Crippen LogP contribution in [0.15, 0.2) is 78.9 Å². The first-order chi connectivity index (χ1) is 17.6. The minimum atomic E-state index is -5.02. The monoisotopic (exact) mass is 525 g/mol. The lowest BCUT2D eigenvalue weighted by Crippen LogP contribution is -2.46. The third kappa shape index (κ3) is 6.70. The van der Waals surface area contributed by atoms with Gasteiger partial charge in [-0.25, -0.2) is 0 Å². The molecule has 0 spiro atoms. The van der Waals surface area contributed by atoms with Crippen LogP contribution < -0.4 is 0 Å². The van der Waals surface area contributed by atoms with Gasteiger partial charge in [0.25, 0.3) is 0 Å². The molecule has 0 aliphatic carbocycles. The number of benzene rings is 3. The van der Waals surface area contributed by atoms with Gasteiger partial charge < -0.3 is 14.6 Å². The second-order valence-electron chi connectivity index (χ2n) is 8.70. The summed E-state index contributed by atoms with van der Waals surface area (Å²) in [5, 5.41) is 10.00. The topological polar surface area (TPSA) is 41.9 Å². The van der Waals surface area contributed by atoms with Crippen molar-refractivity contribution in [2.45, 2.75) is 37.3 Å². The molecule has 4 rings (SSSR count). The summed E-state index contributed by atoms with van der Waals surface area (Å²) < 4.78 is 92.2. The fourth-order valence-corrected chi connectivity index (χ4v) is 4.37. The Morgan fingerprint density at radius 1 is 0.865 bits per heavy atom. The number of nitrogens with zero attached hydrogens (tertiary/aromatic N) is 1. The van der Waals surface area contributed by atoms with Crippen LogP contribution >= 0.6 is 0 Å². The Bertz CT molecular complexity index is 1120. The summed E-state index contributed by atoms with van der Waals surface area (Å²) in [5.41, 5.74) is -1.60. The van der Waals surface area contributed by atoms with Gasteiger partial charge in [0.2, 0.25) is 0 Å². The van der Waals surface area contributed by atoms with E-state index in [1.165, 1.54) is 0 Å². The Hall–Kier alpha value is -2.92. The molecule has 0 bridgehead atoms. The molecule has 37 heavy (non-hydrogen) atoms. The summed E-state index contributed by atoms with van der Waals surface area (Å²) in [7, 11) is 0. The zero-order valence-corrected chi connectivity index (χ0v) is 19.5. The smallest absolute Gasteiger partial charge is 0.393 e. The van der Waals surface area contributed by atoms with Crippen LogP contribution in [-0.2, 0) is 28.4 Å². The van der Waals surface area contributed by atoms with Gasteiger partial charge in [0, 0.05) is 13.1 Å². The molecule has 10 heteroatoms. The van der Waals surface area contributed by atoms with E-state index in [1.54, 1.807) is 0 Å². The van der Waals surface area contributed by atoms with Gasteiger partial charge >= 0.3 is 12.4 Å². The molecule has 0 amide bonds. The highest BCUT2D eigenvalue weighted by Gasteiger charge is 2.40. The highest BCUT2D eigenvalue weighted by molar-refractivity contribution is 5.35. The van der Waals surface area contributed by atoms with Crippen molar-refractivity contribution < 1.29 is 40.9 Å². The van der Waals surface area contributed by atoms with E-state index < -0.39 is 54.1 Å². The van der Waals surface area contributed by atoms with Gasteiger partial charge in [-0.2, -0.15) is 26.3 Å². The van der Waals surface area contributed by atoms with Gasteiger partial charge in [-0.1, -0.05) is 60.7 Å². The molecule has 1 heterocycles. The van der Waals surface area contributed by atoms with Crippen molar-refractivity contribution in [1.29, 1.82) is 0 Å². The second kappa shape index (κ2) is 11.2. The Morgan fingerprint density at radius 3 is 1.97 bits per heavy atom. The average molecular weight is 525 g/mol. The summed E-state index contributed by atoms with van der Waals surface area (Å²) >= 11 is 0. The van der Waals surface area contributed by atoms with Crippen LogP contribution in [0.2, 0.25) is 0 Å². The standard InChI is InChI=1S/C27H25F6NO3/c28-26(29,30)21-13-20(14-22(15-21)27(31,32)33)23(17-35)37-25-24(19-9-5-2-6-10-19)34(11-12-36-25)16-18-7-3-1-4-8-18/h1-10,13-15,23-25,35H,11-12,16-17H2/t23-,24?,25?/m1/s1. The molecular weight excluding hydrogens is 500 g/mol. The first kappa shape index (κ1) is 27.1. The quantitative estimate of drug-likeness (QED) is 0.364. The molecule has 1 fully saturated rings. The summed E-state index contributed by atoms with van der Waals surface area (Å²) in [6, 6.07) is 19.4. The first-order valence-corrected chi connectivity index (χ1v) is 11.6. The number of hydrogen-bond acceptors (Lipinski definition) is 4. The van der Waals surface area contributed by atoms with Gasteiger partial charge in [0.1, 0.15) is 6.10 Å². The molecular formula is C27H25F6NO3. The maximum absolute atomic E-state index is 13.4. The van der Waals surface area contributed by atoms with Crippen LogP contribution in [-0.4, -0.2) is 36.1 Å². The molecule has 0 aromatic heterocycles. The minimum Gasteiger partial charge on any atom is -0.393 e. The first-order valence-electron chi connectivity index (χ1n) is 11.6. The number of aliphatic hydroxyl groups excluding tert-OH is 1. The van der Waals surface area contributed by atoms with Crippen molar-refractivity contribution in [3.63, 3.8) is 0 Å². The van der Waals surface area contributed by atoms with E-state index >= 15 is 0 Å². The molecule has 4 nitrogen and oxygen atoms in total. The number of aliphatic hydroxyl groups is 1. The predicted molar refractivity (Wildman–Crippen MR) is 123 cm³/mol. The van der Waals surface area contributed by atoms with Crippen molar-refractivity contribution in [3.05, 3.63) is 107 Å². The SMILES string of the molecule is OC[C@@H](OC1OCCN(Cc2ccccc2)C1c1ccccc1)c1cc(C(F)(F)F)cc(C(F)(F)F)c1. The number of alkyl halides is 6. The van der Waals surface area contributed by atoms with E-state index in [0.717, 1.165) is 11.1 Å². The minimum absolute atomic E-state index is 0.0451. The fourth-order valence-electron chi connectivity index (χ4n) is 4.37. The molecule has 3 atom stereocenters. The van der Waals surface area contributed by atoms with E-state index in [0.29, 0.717) is 25.2 Å². The maximum Gasteiger partial charge on any atom is 0.416 e. The van der Waals surface area contributed by atoms with Gasteiger partial charge in [0.15, 0.2) is 6.29 Å². The highest BCUT2D eigenvalue weighted by atomic mass is 19.4. The third-order valence-electron chi connectivity index (χ3n) is 6.13. The molecule has 1 aliphatic rings. The van der Waals surface area contributed by atoms with E-state index in [1.807, 2.05) is 60.7 Å².